The molecule has 1 aliphatic rings. The lowest BCUT2D eigenvalue weighted by atomic mass is 10.2. The SMILES string of the molecule is CS(=O)(=O)CCC(N)C(=O)OCC1CC1. The average Bonchev–Trinajstić information content (AvgIpc) is 2.92. The molecule has 0 saturated heterocycles. The zero-order valence-corrected chi connectivity index (χ0v) is 9.63. The summed E-state index contributed by atoms with van der Waals surface area (Å²) in [6.45, 7) is 0.422. The van der Waals surface area contributed by atoms with Crippen molar-refractivity contribution in [3.05, 3.63) is 0 Å². The molecule has 0 heterocycles. The van der Waals surface area contributed by atoms with E-state index in [9.17, 15) is 13.2 Å². The Morgan fingerprint density at radius 3 is 2.60 bits per heavy atom. The van der Waals surface area contributed by atoms with E-state index in [0.29, 0.717) is 12.5 Å². The molecular weight excluding hydrogens is 218 g/mol. The van der Waals surface area contributed by atoms with E-state index in [-0.39, 0.29) is 12.2 Å². The van der Waals surface area contributed by atoms with Crippen LogP contribution >= 0.6 is 0 Å². The molecule has 5 nitrogen and oxygen atoms in total. The third-order valence-corrected chi connectivity index (χ3v) is 3.24. The van der Waals surface area contributed by atoms with Crippen LogP contribution in [0.25, 0.3) is 0 Å². The van der Waals surface area contributed by atoms with Crippen LogP contribution in [0, 0.1) is 5.92 Å². The van der Waals surface area contributed by atoms with Crippen LogP contribution in [-0.4, -0.2) is 39.0 Å². The van der Waals surface area contributed by atoms with Gasteiger partial charge >= 0.3 is 5.97 Å². The zero-order chi connectivity index (χ0) is 11.5. The summed E-state index contributed by atoms with van der Waals surface area (Å²) in [4.78, 5) is 11.3. The van der Waals surface area contributed by atoms with Gasteiger partial charge in [-0.1, -0.05) is 0 Å². The fourth-order valence-electron chi connectivity index (χ4n) is 1.05. The molecule has 0 bridgehead atoms. The van der Waals surface area contributed by atoms with E-state index in [1.807, 2.05) is 0 Å². The van der Waals surface area contributed by atoms with Gasteiger partial charge in [0.15, 0.2) is 0 Å². The van der Waals surface area contributed by atoms with Gasteiger partial charge in [-0.2, -0.15) is 0 Å². The molecule has 0 aliphatic heterocycles. The summed E-state index contributed by atoms with van der Waals surface area (Å²) >= 11 is 0. The van der Waals surface area contributed by atoms with E-state index in [1.54, 1.807) is 0 Å². The van der Waals surface area contributed by atoms with Gasteiger partial charge in [-0.05, 0) is 25.2 Å². The summed E-state index contributed by atoms with van der Waals surface area (Å²) < 4.78 is 26.6. The van der Waals surface area contributed by atoms with Crippen LogP contribution in [0.4, 0.5) is 0 Å². The Bertz CT molecular complexity index is 321. The van der Waals surface area contributed by atoms with Gasteiger partial charge in [0.05, 0.1) is 12.4 Å². The van der Waals surface area contributed by atoms with E-state index >= 15 is 0 Å². The Hall–Kier alpha value is -0.620. The highest BCUT2D eigenvalue weighted by Gasteiger charge is 2.25. The van der Waals surface area contributed by atoms with Crippen molar-refractivity contribution in [1.82, 2.24) is 0 Å². The Balaban J connectivity index is 2.19. The molecule has 2 N–H and O–H groups in total. The first-order valence-corrected chi connectivity index (χ1v) is 7.04. The van der Waals surface area contributed by atoms with E-state index in [0.717, 1.165) is 19.1 Å². The molecule has 88 valence electrons. The number of carbonyl (C=O) groups excluding carboxylic acids is 1. The molecule has 1 saturated carbocycles. The van der Waals surface area contributed by atoms with Crippen LogP contribution in [0.5, 0.6) is 0 Å². The summed E-state index contributed by atoms with van der Waals surface area (Å²) in [5, 5.41) is 0. The minimum Gasteiger partial charge on any atom is -0.464 e. The Morgan fingerprint density at radius 2 is 2.13 bits per heavy atom. The van der Waals surface area contributed by atoms with Crippen molar-refractivity contribution in [3.8, 4) is 0 Å². The zero-order valence-electron chi connectivity index (χ0n) is 8.81. The Morgan fingerprint density at radius 1 is 1.53 bits per heavy atom. The summed E-state index contributed by atoms with van der Waals surface area (Å²) in [6, 6.07) is -0.821. The van der Waals surface area contributed by atoms with Crippen LogP contribution in [0.1, 0.15) is 19.3 Å². The number of ether oxygens (including phenoxy) is 1. The molecule has 1 unspecified atom stereocenters. The molecule has 0 spiro atoms. The van der Waals surface area contributed by atoms with Gasteiger partial charge in [0.2, 0.25) is 0 Å². The molecule has 1 atom stereocenters. The fourth-order valence-corrected chi connectivity index (χ4v) is 1.73. The van der Waals surface area contributed by atoms with Crippen LogP contribution in [0.2, 0.25) is 0 Å². The minimum absolute atomic E-state index is 0.0767. The number of esters is 1. The first-order valence-electron chi connectivity index (χ1n) is 4.98. The van der Waals surface area contributed by atoms with Gasteiger partial charge in [0, 0.05) is 6.26 Å². The van der Waals surface area contributed by atoms with Gasteiger partial charge in [-0.3, -0.25) is 4.79 Å². The Labute approximate surface area is 89.9 Å². The topological polar surface area (TPSA) is 86.5 Å². The number of rotatable bonds is 6. The number of hydrogen-bond acceptors (Lipinski definition) is 5. The molecule has 0 aromatic heterocycles. The molecule has 1 fully saturated rings. The molecule has 15 heavy (non-hydrogen) atoms. The summed E-state index contributed by atoms with van der Waals surface area (Å²) in [5.41, 5.74) is 5.49. The van der Waals surface area contributed by atoms with Crippen molar-refractivity contribution in [3.63, 3.8) is 0 Å². The summed E-state index contributed by atoms with van der Waals surface area (Å²) in [5.74, 6) is -0.0752. The van der Waals surface area contributed by atoms with Crippen molar-refractivity contribution >= 4 is 15.8 Å². The maximum absolute atomic E-state index is 11.3. The third kappa shape index (κ3) is 5.74. The second-order valence-corrected chi connectivity index (χ2v) is 6.36. The largest absolute Gasteiger partial charge is 0.464 e. The predicted molar refractivity (Wildman–Crippen MR) is 56.0 cm³/mol. The molecule has 6 heteroatoms. The average molecular weight is 235 g/mol. The highest BCUT2D eigenvalue weighted by Crippen LogP contribution is 2.28. The molecule has 1 aliphatic carbocycles. The van der Waals surface area contributed by atoms with Crippen LogP contribution < -0.4 is 5.73 Å². The van der Waals surface area contributed by atoms with Gasteiger partial charge in [0.1, 0.15) is 15.9 Å². The number of sulfone groups is 1. The standard InChI is InChI=1S/C9H17NO4S/c1-15(12,13)5-4-8(10)9(11)14-6-7-2-3-7/h7-8H,2-6,10H2,1H3. The fraction of sp³-hybridized carbons (Fsp3) is 0.889. The highest BCUT2D eigenvalue weighted by atomic mass is 32.2. The van der Waals surface area contributed by atoms with Crippen LogP contribution in [0.3, 0.4) is 0 Å². The van der Waals surface area contributed by atoms with Gasteiger partial charge in [0.25, 0.3) is 0 Å². The second-order valence-electron chi connectivity index (χ2n) is 4.10. The maximum atomic E-state index is 11.3. The van der Waals surface area contributed by atoms with Crippen molar-refractivity contribution < 1.29 is 17.9 Å². The first kappa shape index (κ1) is 12.4. The Kier molecular flexibility index (Phi) is 4.10. The lowest BCUT2D eigenvalue weighted by Gasteiger charge is -2.10. The molecule has 0 radical (unpaired) electrons. The van der Waals surface area contributed by atoms with Gasteiger partial charge < -0.3 is 10.5 Å². The van der Waals surface area contributed by atoms with Crippen LogP contribution in [0.15, 0.2) is 0 Å². The quantitative estimate of drug-likeness (QED) is 0.639. The second kappa shape index (κ2) is 4.94. The van der Waals surface area contributed by atoms with E-state index in [4.69, 9.17) is 10.5 Å². The normalized spacial score (nSPS) is 18.5. The molecule has 0 aromatic carbocycles. The van der Waals surface area contributed by atoms with Crippen molar-refractivity contribution in [2.24, 2.45) is 11.7 Å². The van der Waals surface area contributed by atoms with Crippen molar-refractivity contribution in [2.45, 2.75) is 25.3 Å². The number of hydrogen-bond donors (Lipinski definition) is 1. The van der Waals surface area contributed by atoms with E-state index in [1.165, 1.54) is 0 Å². The van der Waals surface area contributed by atoms with Gasteiger partial charge in [-0.25, -0.2) is 8.42 Å². The number of carbonyl (C=O) groups is 1. The maximum Gasteiger partial charge on any atom is 0.322 e. The monoisotopic (exact) mass is 235 g/mol. The van der Waals surface area contributed by atoms with E-state index < -0.39 is 21.8 Å². The molecule has 0 amide bonds. The smallest absolute Gasteiger partial charge is 0.322 e. The predicted octanol–water partition coefficient (Wildman–Crippen LogP) is -0.298. The third-order valence-electron chi connectivity index (χ3n) is 2.26. The van der Waals surface area contributed by atoms with Crippen molar-refractivity contribution in [2.75, 3.05) is 18.6 Å². The minimum atomic E-state index is -3.06. The first-order chi connectivity index (χ1) is 6.88. The molecular formula is C9H17NO4S. The highest BCUT2D eigenvalue weighted by molar-refractivity contribution is 7.90. The van der Waals surface area contributed by atoms with Gasteiger partial charge in [-0.15, -0.1) is 0 Å². The molecule has 1 rings (SSSR count). The number of nitrogens with two attached hydrogens (primary N) is 1. The lowest BCUT2D eigenvalue weighted by Crippen LogP contribution is -2.34. The van der Waals surface area contributed by atoms with Crippen molar-refractivity contribution in [1.29, 1.82) is 0 Å². The lowest BCUT2D eigenvalue weighted by molar-refractivity contribution is -0.145. The molecule has 0 aromatic rings. The summed E-state index contributed by atoms with van der Waals surface area (Å²) in [7, 11) is -3.06. The van der Waals surface area contributed by atoms with E-state index in [2.05, 4.69) is 0 Å². The summed E-state index contributed by atoms with van der Waals surface area (Å²) in [6.07, 6.45) is 3.45. The van der Waals surface area contributed by atoms with Crippen LogP contribution in [-0.2, 0) is 19.4 Å².